The first-order valence-electron chi connectivity index (χ1n) is 5.63. The average Bonchev–Trinajstić information content (AvgIpc) is 2.28. The zero-order chi connectivity index (χ0) is 14.5. The number of hydrogen-bond donors (Lipinski definition) is 4. The fourth-order valence-electron chi connectivity index (χ4n) is 1.68. The van der Waals surface area contributed by atoms with E-state index in [1.165, 1.54) is 0 Å². The van der Waals surface area contributed by atoms with Crippen LogP contribution in [0.2, 0.25) is 0 Å². The number of hydrogen-bond acceptors (Lipinski definition) is 5. The number of carboxylic acids is 1. The minimum absolute atomic E-state index is 0.158. The Morgan fingerprint density at radius 3 is 2.37 bits per heavy atom. The maximum Gasteiger partial charge on any atom is 0.329 e. The first-order valence-corrected chi connectivity index (χ1v) is 7.34. The van der Waals surface area contributed by atoms with E-state index in [1.807, 2.05) is 0 Å². The van der Waals surface area contributed by atoms with Gasteiger partial charge >= 0.3 is 12.0 Å². The van der Waals surface area contributed by atoms with Crippen LogP contribution in [0.1, 0.15) is 12.8 Å². The molecule has 1 heterocycles. The molecule has 2 amide bonds. The molecule has 0 aromatic carbocycles. The molecule has 0 unspecified atom stereocenters. The molecule has 0 atom stereocenters. The molecular weight excluding hydrogens is 278 g/mol. The maximum absolute atomic E-state index is 11.5. The van der Waals surface area contributed by atoms with Crippen LogP contribution in [0.3, 0.4) is 0 Å². The fourth-order valence-corrected chi connectivity index (χ4v) is 2.07. The average molecular weight is 295 g/mol. The van der Waals surface area contributed by atoms with Gasteiger partial charge < -0.3 is 20.5 Å². The van der Waals surface area contributed by atoms with Gasteiger partial charge in [-0.3, -0.25) is 0 Å². The third-order valence-corrected chi connectivity index (χ3v) is 3.55. The Hall–Kier alpha value is -1.39. The minimum Gasteiger partial charge on any atom is -0.480 e. The van der Waals surface area contributed by atoms with Crippen molar-refractivity contribution in [2.45, 2.75) is 18.4 Å². The number of nitrogens with one attached hydrogen (secondary N) is 2. The maximum atomic E-state index is 11.5. The third-order valence-electron chi connectivity index (χ3n) is 2.78. The van der Waals surface area contributed by atoms with Crippen molar-refractivity contribution in [3.8, 4) is 0 Å². The van der Waals surface area contributed by atoms with Crippen molar-refractivity contribution in [2.24, 2.45) is 5.14 Å². The minimum atomic E-state index is -3.66. The summed E-state index contributed by atoms with van der Waals surface area (Å²) in [5.74, 6) is -1.55. The van der Waals surface area contributed by atoms with E-state index in [2.05, 4.69) is 10.6 Å². The molecule has 1 aliphatic rings. The Bertz CT molecular complexity index is 443. The normalized spacial score (nSPS) is 18.6. The van der Waals surface area contributed by atoms with Gasteiger partial charge in [0.15, 0.2) is 0 Å². The Morgan fingerprint density at radius 1 is 1.32 bits per heavy atom. The van der Waals surface area contributed by atoms with E-state index in [1.54, 1.807) is 0 Å². The summed E-state index contributed by atoms with van der Waals surface area (Å²) in [6.45, 7) is 0.296. The predicted molar refractivity (Wildman–Crippen MR) is 64.9 cm³/mol. The zero-order valence-electron chi connectivity index (χ0n) is 10.2. The molecule has 0 aliphatic carbocycles. The molecule has 0 bridgehead atoms. The molecule has 1 fully saturated rings. The molecule has 1 rings (SSSR count). The summed E-state index contributed by atoms with van der Waals surface area (Å²) < 4.78 is 26.4. The molecule has 0 radical (unpaired) electrons. The van der Waals surface area contributed by atoms with E-state index in [-0.39, 0.29) is 32.6 Å². The van der Waals surface area contributed by atoms with E-state index in [0.717, 1.165) is 0 Å². The van der Waals surface area contributed by atoms with Gasteiger partial charge in [-0.05, 0) is 0 Å². The number of carboxylic acid groups (broad SMARTS) is 1. The first kappa shape index (κ1) is 15.7. The van der Waals surface area contributed by atoms with Crippen molar-refractivity contribution < 1.29 is 27.9 Å². The Balaban J connectivity index is 2.51. The number of carbonyl (C=O) groups excluding carboxylic acids is 1. The smallest absolute Gasteiger partial charge is 0.329 e. The number of nitrogens with two attached hydrogens (primary N) is 1. The van der Waals surface area contributed by atoms with E-state index >= 15 is 0 Å². The van der Waals surface area contributed by atoms with Crippen LogP contribution >= 0.6 is 0 Å². The van der Waals surface area contributed by atoms with Crippen LogP contribution in [0, 0.1) is 0 Å². The van der Waals surface area contributed by atoms with Crippen molar-refractivity contribution in [1.82, 2.24) is 10.6 Å². The Kier molecular flexibility index (Phi) is 5.09. The van der Waals surface area contributed by atoms with Gasteiger partial charge in [-0.15, -0.1) is 0 Å². The van der Waals surface area contributed by atoms with Crippen molar-refractivity contribution in [3.05, 3.63) is 0 Å². The number of urea groups is 1. The van der Waals surface area contributed by atoms with Crippen molar-refractivity contribution >= 4 is 22.0 Å². The van der Waals surface area contributed by atoms with Gasteiger partial charge in [-0.25, -0.2) is 23.1 Å². The number of rotatable bonds is 5. The molecule has 9 nitrogen and oxygen atoms in total. The lowest BCUT2D eigenvalue weighted by atomic mass is 9.90. The van der Waals surface area contributed by atoms with Gasteiger partial charge in [0, 0.05) is 32.6 Å². The number of primary sulfonamides is 1. The molecule has 0 aromatic rings. The highest BCUT2D eigenvalue weighted by Crippen LogP contribution is 2.20. The summed E-state index contributed by atoms with van der Waals surface area (Å²) in [6, 6.07) is -0.743. The molecule has 0 aromatic heterocycles. The second kappa shape index (κ2) is 6.17. The van der Waals surface area contributed by atoms with Gasteiger partial charge in [-0.1, -0.05) is 0 Å². The highest BCUT2D eigenvalue weighted by molar-refractivity contribution is 7.89. The second-order valence-electron chi connectivity index (χ2n) is 4.25. The summed E-state index contributed by atoms with van der Waals surface area (Å²) in [4.78, 5) is 22.8. The molecule has 1 saturated heterocycles. The van der Waals surface area contributed by atoms with E-state index in [0.29, 0.717) is 0 Å². The zero-order valence-corrected chi connectivity index (χ0v) is 11.0. The Morgan fingerprint density at radius 2 is 1.89 bits per heavy atom. The Labute approximate surface area is 110 Å². The quantitative estimate of drug-likeness (QED) is 0.470. The van der Waals surface area contributed by atoms with Crippen LogP contribution in [0.15, 0.2) is 0 Å². The number of aliphatic carboxylic acids is 1. The van der Waals surface area contributed by atoms with E-state index in [9.17, 15) is 23.1 Å². The third kappa shape index (κ3) is 5.01. The first-order chi connectivity index (χ1) is 8.75. The largest absolute Gasteiger partial charge is 0.480 e. The summed E-state index contributed by atoms with van der Waals surface area (Å²) in [5.41, 5.74) is -1.37. The lowest BCUT2D eigenvalue weighted by molar-refractivity contribution is -0.148. The topological polar surface area (TPSA) is 148 Å². The number of amides is 2. The van der Waals surface area contributed by atoms with E-state index < -0.39 is 33.3 Å². The lowest BCUT2D eigenvalue weighted by Gasteiger charge is -2.33. The van der Waals surface area contributed by atoms with Gasteiger partial charge in [0.1, 0.15) is 5.54 Å². The van der Waals surface area contributed by atoms with Crippen LogP contribution in [0.5, 0.6) is 0 Å². The molecule has 0 spiro atoms. The summed E-state index contributed by atoms with van der Waals surface area (Å²) >= 11 is 0. The predicted octanol–water partition coefficient (Wildman–Crippen LogP) is -1.79. The molecule has 10 heteroatoms. The van der Waals surface area contributed by atoms with Gasteiger partial charge in [0.05, 0.1) is 5.75 Å². The highest BCUT2D eigenvalue weighted by Gasteiger charge is 2.41. The van der Waals surface area contributed by atoms with Crippen LogP contribution < -0.4 is 15.8 Å². The number of carbonyl (C=O) groups is 2. The SMILES string of the molecule is NS(=O)(=O)CCNC(=O)NC1(C(=O)O)CCOCC1. The summed E-state index contributed by atoms with van der Waals surface area (Å²) in [7, 11) is -3.66. The summed E-state index contributed by atoms with van der Waals surface area (Å²) in [6.07, 6.45) is 0.315. The molecular formula is C9H17N3O6S. The molecule has 1 aliphatic heterocycles. The van der Waals surface area contributed by atoms with Crippen molar-refractivity contribution in [1.29, 1.82) is 0 Å². The van der Waals surface area contributed by atoms with Gasteiger partial charge in [-0.2, -0.15) is 0 Å². The van der Waals surface area contributed by atoms with Gasteiger partial charge in [0.2, 0.25) is 10.0 Å². The van der Waals surface area contributed by atoms with Crippen LogP contribution in [0.25, 0.3) is 0 Å². The molecule has 19 heavy (non-hydrogen) atoms. The summed E-state index contributed by atoms with van der Waals surface area (Å²) in [5, 5.41) is 18.6. The molecule has 0 saturated carbocycles. The van der Waals surface area contributed by atoms with E-state index in [4.69, 9.17) is 9.88 Å². The lowest BCUT2D eigenvalue weighted by Crippen LogP contribution is -2.59. The number of ether oxygens (including phenoxy) is 1. The van der Waals surface area contributed by atoms with Crippen molar-refractivity contribution in [2.75, 3.05) is 25.5 Å². The van der Waals surface area contributed by atoms with Crippen molar-refractivity contribution in [3.63, 3.8) is 0 Å². The van der Waals surface area contributed by atoms with Gasteiger partial charge in [0.25, 0.3) is 0 Å². The van der Waals surface area contributed by atoms with Crippen LogP contribution in [0.4, 0.5) is 4.79 Å². The highest BCUT2D eigenvalue weighted by atomic mass is 32.2. The molecule has 110 valence electrons. The monoisotopic (exact) mass is 295 g/mol. The number of sulfonamides is 1. The fraction of sp³-hybridized carbons (Fsp3) is 0.778. The van der Waals surface area contributed by atoms with Crippen LogP contribution in [-0.2, 0) is 19.6 Å². The molecule has 5 N–H and O–H groups in total. The standard InChI is InChI=1S/C9H17N3O6S/c10-19(16,17)6-3-11-8(15)12-9(7(13)14)1-4-18-5-2-9/h1-6H2,(H,13,14)(H2,10,16,17)(H2,11,12,15). The second-order valence-corrected chi connectivity index (χ2v) is 5.98. The van der Waals surface area contributed by atoms with Crippen LogP contribution in [-0.4, -0.2) is 56.6 Å².